The van der Waals surface area contributed by atoms with E-state index in [1.54, 1.807) is 20.3 Å². The average Bonchev–Trinajstić information content (AvgIpc) is 3.46. The van der Waals surface area contributed by atoms with Crippen molar-refractivity contribution in [1.82, 2.24) is 25.1 Å². The molecular weight excluding hydrogens is 518 g/mol. The minimum Gasteiger partial charge on any atom is -0.507 e. The summed E-state index contributed by atoms with van der Waals surface area (Å²) in [5, 5.41) is 34.4. The second kappa shape index (κ2) is 11.4. The first-order chi connectivity index (χ1) is 19.6. The van der Waals surface area contributed by atoms with Gasteiger partial charge in [-0.05, 0) is 84.5 Å². The number of phenolic OH excluding ortho intramolecular Hbond substituents is 2. The molecule has 3 aromatic carbocycles. The van der Waals surface area contributed by atoms with Crippen LogP contribution in [0.1, 0.15) is 63.6 Å². The van der Waals surface area contributed by atoms with Crippen molar-refractivity contribution in [3.8, 4) is 45.5 Å². The molecule has 0 saturated carbocycles. The highest BCUT2D eigenvalue weighted by molar-refractivity contribution is 5.82. The van der Waals surface area contributed by atoms with Crippen molar-refractivity contribution >= 4 is 0 Å². The maximum Gasteiger partial charge on any atom is 0.186 e. The van der Waals surface area contributed by atoms with Crippen LogP contribution in [0.3, 0.4) is 0 Å². The summed E-state index contributed by atoms with van der Waals surface area (Å²) in [7, 11) is 3.28. The zero-order chi connectivity index (χ0) is 29.3. The molecule has 216 valence electrons. The van der Waals surface area contributed by atoms with Gasteiger partial charge in [-0.2, -0.15) is 0 Å². The summed E-state index contributed by atoms with van der Waals surface area (Å²) in [6.07, 6.45) is 1.71. The number of hydrogen-bond acceptors (Lipinski definition) is 8. The van der Waals surface area contributed by atoms with Crippen LogP contribution in [0.5, 0.6) is 23.0 Å². The number of aromatic nitrogens is 4. The van der Waals surface area contributed by atoms with Gasteiger partial charge in [0, 0.05) is 35.8 Å². The Morgan fingerprint density at radius 2 is 1.54 bits per heavy atom. The van der Waals surface area contributed by atoms with E-state index in [0.29, 0.717) is 28.6 Å². The molecule has 0 aliphatic carbocycles. The molecule has 1 fully saturated rings. The highest BCUT2D eigenvalue weighted by Crippen LogP contribution is 2.44. The van der Waals surface area contributed by atoms with Gasteiger partial charge < -0.3 is 19.7 Å². The smallest absolute Gasteiger partial charge is 0.186 e. The van der Waals surface area contributed by atoms with Crippen molar-refractivity contribution in [1.29, 1.82) is 0 Å². The molecule has 0 unspecified atom stereocenters. The third-order valence-corrected chi connectivity index (χ3v) is 8.43. The van der Waals surface area contributed by atoms with Gasteiger partial charge in [-0.15, -0.1) is 5.10 Å². The maximum atomic E-state index is 10.9. The summed E-state index contributed by atoms with van der Waals surface area (Å²) < 4.78 is 12.8. The van der Waals surface area contributed by atoms with Crippen molar-refractivity contribution in [2.24, 2.45) is 0 Å². The summed E-state index contributed by atoms with van der Waals surface area (Å²) in [5.41, 5.74) is 3.95. The number of nitrogens with zero attached hydrogens (tertiary/aromatic N) is 5. The number of methoxy groups -OCH3 is 2. The summed E-state index contributed by atoms with van der Waals surface area (Å²) in [4.78, 5) is 2.49. The molecule has 9 nitrogen and oxygen atoms in total. The van der Waals surface area contributed by atoms with Gasteiger partial charge in [-0.1, -0.05) is 32.0 Å². The highest BCUT2D eigenvalue weighted by Gasteiger charge is 2.34. The van der Waals surface area contributed by atoms with Gasteiger partial charge in [0.1, 0.15) is 23.0 Å². The Hall–Kier alpha value is -4.11. The third kappa shape index (κ3) is 5.46. The van der Waals surface area contributed by atoms with Crippen LogP contribution in [0.15, 0.2) is 54.6 Å². The van der Waals surface area contributed by atoms with Crippen LogP contribution >= 0.6 is 0 Å². The van der Waals surface area contributed by atoms with Gasteiger partial charge in [0.2, 0.25) is 0 Å². The minimum atomic E-state index is -0.144. The van der Waals surface area contributed by atoms with Crippen LogP contribution in [0.2, 0.25) is 0 Å². The molecule has 41 heavy (non-hydrogen) atoms. The molecular formula is C32H39N5O4. The molecule has 0 spiro atoms. The molecule has 2 heterocycles. The second-order valence-electron chi connectivity index (χ2n) is 11.5. The van der Waals surface area contributed by atoms with E-state index in [0.717, 1.165) is 42.8 Å². The number of hydrogen-bond donors (Lipinski definition) is 2. The lowest BCUT2D eigenvalue weighted by Gasteiger charge is -2.43. The Labute approximate surface area is 241 Å². The Kier molecular flexibility index (Phi) is 7.91. The van der Waals surface area contributed by atoms with Gasteiger partial charge in [-0.3, -0.25) is 4.90 Å². The molecule has 0 bridgehead atoms. The zero-order valence-electron chi connectivity index (χ0n) is 24.6. The van der Waals surface area contributed by atoms with Crippen LogP contribution in [-0.4, -0.2) is 62.6 Å². The van der Waals surface area contributed by atoms with E-state index in [1.807, 2.05) is 35.0 Å². The van der Waals surface area contributed by atoms with Crippen LogP contribution in [-0.2, 0) is 5.54 Å². The van der Waals surface area contributed by atoms with Crippen LogP contribution in [0, 0.1) is 0 Å². The average molecular weight is 558 g/mol. The lowest BCUT2D eigenvalue weighted by atomic mass is 9.89. The van der Waals surface area contributed by atoms with Gasteiger partial charge in [-0.25, -0.2) is 4.68 Å². The summed E-state index contributed by atoms with van der Waals surface area (Å²) >= 11 is 0. The van der Waals surface area contributed by atoms with E-state index in [1.165, 1.54) is 11.6 Å². The van der Waals surface area contributed by atoms with Gasteiger partial charge in [0.05, 0.1) is 25.8 Å². The minimum absolute atomic E-state index is 0.0430. The molecule has 1 saturated heterocycles. The lowest BCUT2D eigenvalue weighted by Crippen LogP contribution is -2.46. The van der Waals surface area contributed by atoms with Crippen molar-refractivity contribution in [3.05, 3.63) is 65.7 Å². The van der Waals surface area contributed by atoms with Crippen LogP contribution in [0.25, 0.3) is 22.5 Å². The van der Waals surface area contributed by atoms with Crippen molar-refractivity contribution < 1.29 is 19.7 Å². The number of benzene rings is 3. The lowest BCUT2D eigenvalue weighted by molar-refractivity contribution is 0.0727. The van der Waals surface area contributed by atoms with E-state index < -0.39 is 0 Å². The number of piperidine rings is 1. The van der Waals surface area contributed by atoms with E-state index >= 15 is 0 Å². The molecule has 0 atom stereocenters. The van der Waals surface area contributed by atoms with Crippen LogP contribution in [0.4, 0.5) is 0 Å². The highest BCUT2D eigenvalue weighted by atomic mass is 16.5. The third-order valence-electron chi connectivity index (χ3n) is 8.43. The number of tetrazole rings is 1. The van der Waals surface area contributed by atoms with Crippen LogP contribution < -0.4 is 9.47 Å². The molecule has 1 aliphatic heterocycles. The summed E-state index contributed by atoms with van der Waals surface area (Å²) in [6, 6.07) is 17.4. The molecule has 9 heteroatoms. The Morgan fingerprint density at radius 1 is 0.854 bits per heavy atom. The second-order valence-corrected chi connectivity index (χ2v) is 11.5. The number of phenols is 2. The SMILES string of the molecule is COc1ccc(C(C)(C)N2CCC(n3nnnc3-c3cc(-c4cc(C(C)C)ccc4OC)c(O)cc3O)CC2)cc1. The largest absolute Gasteiger partial charge is 0.507 e. The Balaban J connectivity index is 1.42. The first-order valence-corrected chi connectivity index (χ1v) is 14.1. The quantitative estimate of drug-likeness (QED) is 0.267. The number of aromatic hydroxyl groups is 2. The zero-order valence-corrected chi connectivity index (χ0v) is 24.6. The fourth-order valence-corrected chi connectivity index (χ4v) is 5.74. The summed E-state index contributed by atoms with van der Waals surface area (Å²) in [6.45, 7) is 10.5. The first-order valence-electron chi connectivity index (χ1n) is 14.1. The molecule has 2 N–H and O–H groups in total. The fraction of sp³-hybridized carbons (Fsp3) is 0.406. The monoisotopic (exact) mass is 557 g/mol. The molecule has 4 aromatic rings. The topological polar surface area (TPSA) is 106 Å². The maximum absolute atomic E-state index is 10.9. The van der Waals surface area contributed by atoms with E-state index in [2.05, 4.69) is 60.3 Å². The number of ether oxygens (including phenoxy) is 2. The Bertz CT molecular complexity index is 1510. The molecule has 5 rings (SSSR count). The molecule has 0 radical (unpaired) electrons. The van der Waals surface area contributed by atoms with E-state index in [9.17, 15) is 10.2 Å². The van der Waals surface area contributed by atoms with Crippen molar-refractivity contribution in [2.45, 2.75) is 58.0 Å². The first kappa shape index (κ1) is 28.4. The number of rotatable bonds is 8. The fourth-order valence-electron chi connectivity index (χ4n) is 5.74. The molecule has 1 aliphatic rings. The normalized spacial score (nSPS) is 14.9. The van der Waals surface area contributed by atoms with E-state index in [-0.39, 0.29) is 23.1 Å². The standard InChI is InChI=1S/C32H39N5O4/c1-20(2)21-7-12-30(41-6)26(17-21)25-18-27(29(39)19-28(25)38)31-33-34-35-37(31)23-13-15-36(16-14-23)32(3,4)22-8-10-24(40-5)11-9-22/h7-12,17-20,23,38-39H,13-16H2,1-6H3. The van der Waals surface area contributed by atoms with Gasteiger partial charge in [0.25, 0.3) is 0 Å². The predicted octanol–water partition coefficient (Wildman–Crippen LogP) is 6.13. The van der Waals surface area contributed by atoms with Gasteiger partial charge in [0.15, 0.2) is 5.82 Å². The van der Waals surface area contributed by atoms with Crippen molar-refractivity contribution in [3.63, 3.8) is 0 Å². The van der Waals surface area contributed by atoms with Crippen molar-refractivity contribution in [2.75, 3.05) is 27.3 Å². The molecule has 0 amide bonds. The summed E-state index contributed by atoms with van der Waals surface area (Å²) in [5.74, 6) is 2.12. The Morgan fingerprint density at radius 3 is 2.17 bits per heavy atom. The number of likely N-dealkylation sites (tertiary alicyclic amines) is 1. The van der Waals surface area contributed by atoms with E-state index in [4.69, 9.17) is 9.47 Å². The van der Waals surface area contributed by atoms with Gasteiger partial charge >= 0.3 is 0 Å². The predicted molar refractivity (Wildman–Crippen MR) is 159 cm³/mol. The molecule has 1 aromatic heterocycles.